The number of carbonyl (C=O) groups excluding carboxylic acids is 3. The summed E-state index contributed by atoms with van der Waals surface area (Å²) in [6.07, 6.45) is 20.9. The number of aromatic nitrogens is 4. The van der Waals surface area contributed by atoms with Crippen molar-refractivity contribution in [2.45, 2.75) is 206 Å². The number of phosphoric ester groups is 3. The number of aliphatic hydroxyl groups is 2. The maximum atomic E-state index is 12.8. The topological polar surface area (TPSA) is 364 Å². The van der Waals surface area contributed by atoms with Crippen molar-refractivity contribution in [2.24, 2.45) is 11.3 Å². The monoisotopic (exact) mass is 1150 g/mol. The van der Waals surface area contributed by atoms with Crippen molar-refractivity contribution in [3.05, 3.63) is 12.7 Å². The van der Waals surface area contributed by atoms with Gasteiger partial charge in [-0.3, -0.25) is 32.5 Å². The van der Waals surface area contributed by atoms with E-state index in [1.807, 2.05) is 0 Å². The Kier molecular flexibility index (Phi) is 30.8. The highest BCUT2D eigenvalue weighted by atomic mass is 32.2. The standard InChI is InChI=1S/C47H86N7O17P3S/c1-5-6-7-8-9-10-11-12-13-14-15-16-18-21-24-35(2)25-22-19-17-20-23-26-38(56)75-30-29-49-37(55)27-28-50-45(59)42(58)47(3,4)32-68-74(65,66)71-73(63,64)67-31-36-41(70-72(60,61)62)40(57)46(69-36)54-34-53-39-43(48)51-33-52-44(39)54/h33-36,40-42,46,57-58H,5-32H2,1-4H3,(H,49,55)(H,50,59)(H,63,64)(H,65,66)(H2,48,51,52)(H2,60,61,62). The van der Waals surface area contributed by atoms with Crippen LogP contribution in [0.1, 0.15) is 182 Å². The third-order valence-electron chi connectivity index (χ3n) is 12.9. The molecule has 1 fully saturated rings. The van der Waals surface area contributed by atoms with Crippen molar-refractivity contribution in [3.8, 4) is 0 Å². The maximum absolute atomic E-state index is 12.8. The van der Waals surface area contributed by atoms with Crippen LogP contribution < -0.4 is 16.4 Å². The smallest absolute Gasteiger partial charge is 0.386 e. The molecular formula is C47H86N7O17P3S. The second kappa shape index (κ2) is 34.5. The average Bonchev–Trinajstić information content (AvgIpc) is 3.90. The molecule has 10 N–H and O–H groups in total. The molecule has 3 rings (SSSR count). The van der Waals surface area contributed by atoms with Crippen molar-refractivity contribution in [3.63, 3.8) is 0 Å². The van der Waals surface area contributed by atoms with Crippen molar-refractivity contribution in [1.29, 1.82) is 0 Å². The number of phosphoric acid groups is 3. The van der Waals surface area contributed by atoms with Crippen LogP contribution in [0.2, 0.25) is 0 Å². The lowest BCUT2D eigenvalue weighted by Gasteiger charge is -2.30. The van der Waals surface area contributed by atoms with Gasteiger partial charge in [-0.05, 0) is 12.3 Å². The number of imidazole rings is 1. The van der Waals surface area contributed by atoms with E-state index < -0.39 is 84.6 Å². The molecule has 1 aliphatic heterocycles. The predicted molar refractivity (Wildman–Crippen MR) is 284 cm³/mol. The summed E-state index contributed by atoms with van der Waals surface area (Å²) in [5.41, 5.74) is 4.30. The first-order chi connectivity index (χ1) is 35.4. The molecule has 1 saturated heterocycles. The van der Waals surface area contributed by atoms with E-state index in [1.54, 1.807) is 0 Å². The summed E-state index contributed by atoms with van der Waals surface area (Å²) in [6.45, 7) is 5.22. The molecule has 1 aliphatic rings. The molecular weight excluding hydrogens is 1060 g/mol. The lowest BCUT2D eigenvalue weighted by molar-refractivity contribution is -0.137. The highest BCUT2D eigenvalue weighted by molar-refractivity contribution is 8.13. The lowest BCUT2D eigenvalue weighted by atomic mass is 9.87. The van der Waals surface area contributed by atoms with Crippen molar-refractivity contribution in [2.75, 3.05) is 37.8 Å². The molecule has 0 aliphatic carbocycles. The first kappa shape index (κ1) is 66.8. The normalized spacial score (nSPS) is 19.7. The van der Waals surface area contributed by atoms with Crippen LogP contribution in [0.5, 0.6) is 0 Å². The molecule has 75 heavy (non-hydrogen) atoms. The number of hydrogen-bond donors (Lipinski definition) is 9. The van der Waals surface area contributed by atoms with Crippen LogP contribution in [0.25, 0.3) is 11.2 Å². The van der Waals surface area contributed by atoms with Crippen LogP contribution >= 0.6 is 35.2 Å². The van der Waals surface area contributed by atoms with Crippen LogP contribution in [-0.4, -0.2) is 123 Å². The molecule has 0 aromatic carbocycles. The minimum absolute atomic E-state index is 0.0345. The molecule has 0 radical (unpaired) electrons. The van der Waals surface area contributed by atoms with E-state index in [1.165, 1.54) is 129 Å². The number of nitrogens with zero attached hydrogens (tertiary/aromatic N) is 4. The van der Waals surface area contributed by atoms with Gasteiger partial charge in [-0.1, -0.05) is 168 Å². The van der Waals surface area contributed by atoms with E-state index in [-0.39, 0.29) is 41.6 Å². The molecule has 2 aromatic rings. The highest BCUT2D eigenvalue weighted by Gasteiger charge is 2.50. The summed E-state index contributed by atoms with van der Waals surface area (Å²) in [6, 6.07) is 0. The molecule has 0 spiro atoms. The van der Waals surface area contributed by atoms with Crippen LogP contribution in [0.4, 0.5) is 5.82 Å². The molecule has 8 atom stereocenters. The number of nitrogens with one attached hydrogen (secondary N) is 2. The van der Waals surface area contributed by atoms with E-state index in [0.717, 1.165) is 54.2 Å². The number of hydrogen-bond acceptors (Lipinski definition) is 18. The van der Waals surface area contributed by atoms with Gasteiger partial charge >= 0.3 is 23.5 Å². The van der Waals surface area contributed by atoms with Gasteiger partial charge in [0.05, 0.1) is 19.5 Å². The summed E-state index contributed by atoms with van der Waals surface area (Å²) in [5.74, 6) is -0.251. The lowest BCUT2D eigenvalue weighted by Crippen LogP contribution is -2.46. The molecule has 432 valence electrons. The van der Waals surface area contributed by atoms with Gasteiger partial charge in [-0.2, -0.15) is 4.31 Å². The Morgan fingerprint density at radius 1 is 0.800 bits per heavy atom. The summed E-state index contributed by atoms with van der Waals surface area (Å²) in [4.78, 5) is 88.7. The Balaban J connectivity index is 1.22. The number of carbonyl (C=O) groups is 3. The third-order valence-corrected chi connectivity index (χ3v) is 16.9. The fourth-order valence-corrected chi connectivity index (χ4v) is 12.0. The molecule has 2 aromatic heterocycles. The maximum Gasteiger partial charge on any atom is 0.481 e. The number of nitrogen functional groups attached to an aromatic ring is 1. The fourth-order valence-electron chi connectivity index (χ4n) is 8.49. The number of amides is 2. The second-order valence-electron chi connectivity index (χ2n) is 20.1. The largest absolute Gasteiger partial charge is 0.481 e. The zero-order chi connectivity index (χ0) is 55.5. The van der Waals surface area contributed by atoms with Crippen LogP contribution in [0, 0.1) is 11.3 Å². The Labute approximate surface area is 446 Å². The number of thioether (sulfide) groups is 1. The van der Waals surface area contributed by atoms with E-state index in [2.05, 4.69) is 48.3 Å². The second-order valence-corrected chi connectivity index (χ2v) is 25.5. The van der Waals surface area contributed by atoms with Crippen LogP contribution in [0.3, 0.4) is 0 Å². The minimum Gasteiger partial charge on any atom is -0.386 e. The van der Waals surface area contributed by atoms with Gasteiger partial charge in [0.2, 0.25) is 11.8 Å². The number of ether oxygens (including phenoxy) is 1. The van der Waals surface area contributed by atoms with Gasteiger partial charge in [0.1, 0.15) is 36.3 Å². The zero-order valence-corrected chi connectivity index (χ0v) is 47.7. The number of aliphatic hydroxyl groups excluding tert-OH is 2. The third kappa shape index (κ3) is 26.8. The summed E-state index contributed by atoms with van der Waals surface area (Å²) in [7, 11) is -16.4. The van der Waals surface area contributed by atoms with Crippen LogP contribution in [0.15, 0.2) is 12.7 Å². The highest BCUT2D eigenvalue weighted by Crippen LogP contribution is 2.61. The van der Waals surface area contributed by atoms with Crippen molar-refractivity contribution < 1.29 is 80.5 Å². The molecule has 0 bridgehead atoms. The van der Waals surface area contributed by atoms with Gasteiger partial charge < -0.3 is 50.9 Å². The first-order valence-corrected chi connectivity index (χ1v) is 32.0. The average molecular weight is 1150 g/mol. The van der Waals surface area contributed by atoms with Crippen LogP contribution in [-0.2, 0) is 50.7 Å². The fraction of sp³-hybridized carbons (Fsp3) is 0.830. The molecule has 3 heterocycles. The summed E-state index contributed by atoms with van der Waals surface area (Å²) in [5, 5.41) is 26.8. The Morgan fingerprint density at radius 3 is 1.95 bits per heavy atom. The predicted octanol–water partition coefficient (Wildman–Crippen LogP) is 7.90. The molecule has 24 nitrogen and oxygen atoms in total. The Morgan fingerprint density at radius 2 is 1.36 bits per heavy atom. The number of anilines is 1. The molecule has 8 unspecified atom stereocenters. The van der Waals surface area contributed by atoms with Gasteiger partial charge in [0, 0.05) is 37.1 Å². The zero-order valence-electron chi connectivity index (χ0n) is 44.2. The first-order valence-electron chi connectivity index (χ1n) is 26.5. The van der Waals surface area contributed by atoms with Gasteiger partial charge in [0.15, 0.2) is 22.8 Å². The van der Waals surface area contributed by atoms with Gasteiger partial charge in [0.25, 0.3) is 0 Å². The van der Waals surface area contributed by atoms with Crippen molar-refractivity contribution in [1.82, 2.24) is 30.2 Å². The summed E-state index contributed by atoms with van der Waals surface area (Å²) >= 11 is 1.16. The van der Waals surface area contributed by atoms with E-state index in [9.17, 15) is 57.9 Å². The molecule has 0 saturated carbocycles. The van der Waals surface area contributed by atoms with Gasteiger partial charge in [-0.25, -0.2) is 28.6 Å². The number of rotatable bonds is 42. The number of nitrogens with two attached hydrogens (primary N) is 1. The summed E-state index contributed by atoms with van der Waals surface area (Å²) < 4.78 is 62.6. The van der Waals surface area contributed by atoms with E-state index in [0.29, 0.717) is 12.2 Å². The SMILES string of the molecule is CCCCCCCCCCCCCCCCC(C)CCCCCCCC(=O)SCCNC(=O)CCNC(=O)C(O)C(C)(C)COP(=O)(O)OP(=O)(O)OCC1OC(n2cnc3c(N)ncnc32)C(O)C1OP(=O)(O)O. The molecule has 2 amide bonds. The van der Waals surface area contributed by atoms with Gasteiger partial charge in [-0.15, -0.1) is 0 Å². The molecule has 28 heteroatoms. The minimum atomic E-state index is -5.58. The number of fused-ring (bicyclic) bond motifs is 1. The van der Waals surface area contributed by atoms with E-state index in [4.69, 9.17) is 19.5 Å². The number of unbranched alkanes of at least 4 members (excludes halogenated alkanes) is 17. The Bertz CT molecular complexity index is 2160. The quantitative estimate of drug-likeness (QED) is 0.0225. The van der Waals surface area contributed by atoms with Crippen molar-refractivity contribution >= 4 is 69.1 Å². The van der Waals surface area contributed by atoms with E-state index >= 15 is 0 Å². The Hall–Kier alpha value is -2.44.